The number of halogens is 1. The van der Waals surface area contributed by atoms with Crippen molar-refractivity contribution in [2.24, 2.45) is 7.05 Å². The van der Waals surface area contributed by atoms with Gasteiger partial charge in [0.2, 0.25) is 0 Å². The molecule has 0 saturated carbocycles. The first-order valence-electron chi connectivity index (χ1n) is 6.77. The summed E-state index contributed by atoms with van der Waals surface area (Å²) in [6, 6.07) is 3.39. The van der Waals surface area contributed by atoms with Crippen LogP contribution in [0.3, 0.4) is 0 Å². The Morgan fingerprint density at radius 2 is 2.17 bits per heavy atom. The topological polar surface area (TPSA) is 86.4 Å². The van der Waals surface area contributed by atoms with Gasteiger partial charge < -0.3 is 14.5 Å². The fourth-order valence-electron chi connectivity index (χ4n) is 1.88. The van der Waals surface area contributed by atoms with Gasteiger partial charge >= 0.3 is 5.97 Å². The van der Waals surface area contributed by atoms with Crippen LogP contribution in [-0.2, 0) is 21.4 Å². The molecule has 2 heterocycles. The van der Waals surface area contributed by atoms with Gasteiger partial charge in [0.1, 0.15) is 5.76 Å². The number of amides is 1. The van der Waals surface area contributed by atoms with Gasteiger partial charge in [-0.05, 0) is 48.0 Å². The Balaban J connectivity index is 1.84. The van der Waals surface area contributed by atoms with Gasteiger partial charge in [-0.2, -0.15) is 5.10 Å². The van der Waals surface area contributed by atoms with Gasteiger partial charge in [-0.25, -0.2) is 4.79 Å². The van der Waals surface area contributed by atoms with E-state index in [0.717, 1.165) is 5.69 Å². The molecule has 2 rings (SSSR count). The second-order valence-corrected chi connectivity index (χ2v) is 5.58. The maximum atomic E-state index is 11.8. The summed E-state index contributed by atoms with van der Waals surface area (Å²) in [5.41, 5.74) is 2.16. The van der Waals surface area contributed by atoms with Gasteiger partial charge in [0.25, 0.3) is 5.91 Å². The lowest BCUT2D eigenvalue weighted by Gasteiger charge is -2.05. The first kappa shape index (κ1) is 17.0. The van der Waals surface area contributed by atoms with Gasteiger partial charge in [0.15, 0.2) is 11.3 Å². The lowest BCUT2D eigenvalue weighted by Crippen LogP contribution is -2.20. The van der Waals surface area contributed by atoms with Crippen molar-refractivity contribution in [2.45, 2.75) is 13.8 Å². The number of aryl methyl sites for hydroxylation is 2. The van der Waals surface area contributed by atoms with Crippen LogP contribution in [0.25, 0.3) is 6.08 Å². The van der Waals surface area contributed by atoms with E-state index in [1.807, 2.05) is 6.92 Å². The third kappa shape index (κ3) is 4.56. The number of carbonyl (C=O) groups is 2. The van der Waals surface area contributed by atoms with Crippen LogP contribution in [0, 0.1) is 13.8 Å². The summed E-state index contributed by atoms with van der Waals surface area (Å²) in [4.78, 5) is 23.4. The molecular weight excluding hydrogens is 366 g/mol. The lowest BCUT2D eigenvalue weighted by molar-refractivity contribution is -0.142. The molecule has 7 nitrogen and oxygen atoms in total. The fourth-order valence-corrected chi connectivity index (χ4v) is 2.20. The van der Waals surface area contributed by atoms with Crippen molar-refractivity contribution >= 4 is 39.6 Å². The highest BCUT2D eigenvalue weighted by Gasteiger charge is 2.13. The highest BCUT2D eigenvalue weighted by molar-refractivity contribution is 9.10. The van der Waals surface area contributed by atoms with E-state index in [1.54, 1.807) is 30.8 Å². The van der Waals surface area contributed by atoms with Crippen LogP contribution in [0.2, 0.25) is 0 Å². The highest BCUT2D eigenvalue weighted by atomic mass is 79.9. The fraction of sp³-hybridized carbons (Fsp3) is 0.267. The van der Waals surface area contributed by atoms with Crippen LogP contribution in [0.15, 0.2) is 27.3 Å². The third-order valence-electron chi connectivity index (χ3n) is 3.10. The van der Waals surface area contributed by atoms with E-state index in [0.29, 0.717) is 21.8 Å². The average Bonchev–Trinajstić information content (AvgIpc) is 3.02. The van der Waals surface area contributed by atoms with Crippen LogP contribution < -0.4 is 5.32 Å². The van der Waals surface area contributed by atoms with Gasteiger partial charge in [0.05, 0.1) is 17.1 Å². The molecule has 1 N–H and O–H groups in total. The molecule has 0 fully saturated rings. The molecule has 0 aliphatic rings. The molecular formula is C15H16BrN3O4. The average molecular weight is 382 g/mol. The van der Waals surface area contributed by atoms with E-state index in [4.69, 9.17) is 9.15 Å². The quantitative estimate of drug-likeness (QED) is 0.635. The molecule has 0 aliphatic carbocycles. The minimum absolute atomic E-state index is 0.376. The molecule has 1 amide bonds. The Morgan fingerprint density at radius 1 is 1.43 bits per heavy atom. The molecule has 0 aliphatic heterocycles. The van der Waals surface area contributed by atoms with Crippen LogP contribution in [-0.4, -0.2) is 28.3 Å². The molecule has 122 valence electrons. The van der Waals surface area contributed by atoms with Gasteiger partial charge in [-0.1, -0.05) is 0 Å². The van der Waals surface area contributed by atoms with Crippen LogP contribution in [0.4, 0.5) is 5.69 Å². The largest absolute Gasteiger partial charge is 0.452 e. The molecule has 0 saturated heterocycles. The number of ether oxygens (including phenoxy) is 1. The van der Waals surface area contributed by atoms with E-state index >= 15 is 0 Å². The number of furan rings is 1. The van der Waals surface area contributed by atoms with E-state index in [2.05, 4.69) is 26.3 Å². The van der Waals surface area contributed by atoms with Gasteiger partial charge in [-0.15, -0.1) is 0 Å². The number of nitrogens with zero attached hydrogens (tertiary/aromatic N) is 2. The van der Waals surface area contributed by atoms with Crippen molar-refractivity contribution < 1.29 is 18.7 Å². The number of hydrogen-bond acceptors (Lipinski definition) is 5. The molecule has 0 bridgehead atoms. The zero-order valence-corrected chi connectivity index (χ0v) is 14.5. The third-order valence-corrected chi connectivity index (χ3v) is 3.52. The zero-order valence-electron chi connectivity index (χ0n) is 12.9. The monoisotopic (exact) mass is 381 g/mol. The van der Waals surface area contributed by atoms with E-state index in [-0.39, 0.29) is 6.61 Å². The minimum atomic E-state index is -0.632. The summed E-state index contributed by atoms with van der Waals surface area (Å²) in [5.74, 6) is -0.557. The predicted molar refractivity (Wildman–Crippen MR) is 87.7 cm³/mol. The predicted octanol–water partition coefficient (Wildman–Crippen LogP) is 2.59. The van der Waals surface area contributed by atoms with Gasteiger partial charge in [0, 0.05) is 13.1 Å². The zero-order chi connectivity index (χ0) is 17.0. The summed E-state index contributed by atoms with van der Waals surface area (Å²) in [6.45, 7) is 3.25. The number of aromatic nitrogens is 2. The minimum Gasteiger partial charge on any atom is -0.452 e. The second kappa shape index (κ2) is 7.28. The first-order chi connectivity index (χ1) is 10.9. The van der Waals surface area contributed by atoms with Crippen molar-refractivity contribution in [2.75, 3.05) is 11.9 Å². The van der Waals surface area contributed by atoms with Crippen molar-refractivity contribution in [1.29, 1.82) is 0 Å². The van der Waals surface area contributed by atoms with Gasteiger partial charge in [-0.3, -0.25) is 9.48 Å². The van der Waals surface area contributed by atoms with Crippen molar-refractivity contribution in [1.82, 2.24) is 9.78 Å². The standard InChI is InChI=1S/C15H16BrN3O4/c1-9-15(10(2)19(3)18-9)17-13(20)8-22-14(21)7-5-11-4-6-12(16)23-11/h4-7H,8H2,1-3H3,(H,17,20)/b7-5+. The number of nitrogens with one attached hydrogen (secondary N) is 1. The Labute approximate surface area is 141 Å². The highest BCUT2D eigenvalue weighted by Crippen LogP contribution is 2.18. The Morgan fingerprint density at radius 3 is 2.74 bits per heavy atom. The van der Waals surface area contributed by atoms with Crippen molar-refractivity contribution in [3.63, 3.8) is 0 Å². The normalized spacial score (nSPS) is 11.0. The summed E-state index contributed by atoms with van der Waals surface area (Å²) < 4.78 is 12.3. The molecule has 0 aromatic carbocycles. The SMILES string of the molecule is Cc1nn(C)c(C)c1NC(=O)COC(=O)/C=C/c1ccc(Br)o1. The Bertz CT molecular complexity index is 761. The summed E-state index contributed by atoms with van der Waals surface area (Å²) >= 11 is 3.16. The molecule has 0 spiro atoms. The van der Waals surface area contributed by atoms with Crippen molar-refractivity contribution in [3.8, 4) is 0 Å². The number of hydrogen-bond donors (Lipinski definition) is 1. The van der Waals surface area contributed by atoms with Crippen LogP contribution in [0.5, 0.6) is 0 Å². The maximum Gasteiger partial charge on any atom is 0.331 e. The van der Waals surface area contributed by atoms with E-state index in [9.17, 15) is 9.59 Å². The number of esters is 1. The summed E-state index contributed by atoms with van der Waals surface area (Å²) in [5, 5.41) is 6.88. The Kier molecular flexibility index (Phi) is 5.38. The van der Waals surface area contributed by atoms with Crippen LogP contribution in [0.1, 0.15) is 17.1 Å². The molecule has 2 aromatic heterocycles. The first-order valence-corrected chi connectivity index (χ1v) is 7.56. The number of carbonyl (C=O) groups excluding carboxylic acids is 2. The van der Waals surface area contributed by atoms with E-state index < -0.39 is 11.9 Å². The Hall–Kier alpha value is -2.35. The molecule has 8 heteroatoms. The summed E-state index contributed by atoms with van der Waals surface area (Å²) in [7, 11) is 1.79. The second-order valence-electron chi connectivity index (χ2n) is 4.80. The molecule has 23 heavy (non-hydrogen) atoms. The maximum absolute atomic E-state index is 11.8. The smallest absolute Gasteiger partial charge is 0.331 e. The van der Waals surface area contributed by atoms with Crippen molar-refractivity contribution in [3.05, 3.63) is 40.0 Å². The lowest BCUT2D eigenvalue weighted by atomic mass is 10.3. The molecule has 2 aromatic rings. The molecule has 0 unspecified atom stereocenters. The number of rotatable bonds is 5. The van der Waals surface area contributed by atoms with E-state index in [1.165, 1.54) is 12.2 Å². The molecule has 0 atom stereocenters. The number of anilines is 1. The van der Waals surface area contributed by atoms with Crippen LogP contribution >= 0.6 is 15.9 Å². The summed E-state index contributed by atoms with van der Waals surface area (Å²) in [6.07, 6.45) is 2.65. The molecule has 0 radical (unpaired) electrons.